The minimum Gasteiger partial charge on any atom is -0.461 e. The molecule has 0 amide bonds. The summed E-state index contributed by atoms with van der Waals surface area (Å²) >= 11 is 0. The molecule has 0 N–H and O–H groups in total. The highest BCUT2D eigenvalue weighted by atomic mass is 16.6. The fourth-order valence-corrected chi connectivity index (χ4v) is 8.00. The van der Waals surface area contributed by atoms with E-state index in [0.717, 1.165) is 56.9 Å². The van der Waals surface area contributed by atoms with Crippen LogP contribution in [0.4, 0.5) is 0 Å². The molecule has 0 aromatic heterocycles. The fraction of sp³-hybridized carbons (Fsp3) is 0.844. The summed E-state index contributed by atoms with van der Waals surface area (Å²) in [6.07, 6.45) is 6.89. The Morgan fingerprint density at radius 1 is 0.974 bits per heavy atom. The van der Waals surface area contributed by atoms with Gasteiger partial charge >= 0.3 is 11.9 Å². The van der Waals surface area contributed by atoms with E-state index < -0.39 is 23.7 Å². The maximum Gasteiger partial charge on any atom is 0.306 e. The minimum absolute atomic E-state index is 0.0760. The summed E-state index contributed by atoms with van der Waals surface area (Å²) in [7, 11) is 0. The van der Waals surface area contributed by atoms with E-state index in [4.69, 9.17) is 14.2 Å². The molecule has 4 rings (SSSR count). The maximum absolute atomic E-state index is 14.2. The van der Waals surface area contributed by atoms with Crippen molar-refractivity contribution in [1.82, 2.24) is 0 Å². The monoisotopic (exact) mass is 530 g/mol. The van der Waals surface area contributed by atoms with E-state index in [2.05, 4.69) is 34.3 Å². The van der Waals surface area contributed by atoms with Crippen LogP contribution in [-0.4, -0.2) is 41.6 Å². The fourth-order valence-electron chi connectivity index (χ4n) is 8.00. The Labute approximate surface area is 229 Å². The first-order valence-electron chi connectivity index (χ1n) is 15.3. The summed E-state index contributed by atoms with van der Waals surface area (Å²) in [6.45, 7) is 17.2. The summed E-state index contributed by atoms with van der Waals surface area (Å²) in [5.41, 5.74) is -0.224. The third-order valence-corrected chi connectivity index (χ3v) is 10.2. The van der Waals surface area contributed by atoms with E-state index in [1.165, 1.54) is 0 Å². The Hall–Kier alpha value is -1.69. The summed E-state index contributed by atoms with van der Waals surface area (Å²) in [4.78, 5) is 40.3. The molecule has 0 radical (unpaired) electrons. The summed E-state index contributed by atoms with van der Waals surface area (Å²) < 4.78 is 19.3. The SMILES string of the molecule is C=C1CC[C@H]2[C@@H]([C@@H]3O[C@]4(C[C@H](C)[C@H](OC(=O)CCCCC)[C@@H]4[C@H]1OC(=O)CCCCC)C(=O)[C@H]3C)C2(C)C. The average Bonchev–Trinajstić information content (AvgIpc) is 3.17. The molecule has 38 heavy (non-hydrogen) atoms. The minimum atomic E-state index is -1.13. The summed E-state index contributed by atoms with van der Waals surface area (Å²) in [5, 5.41) is 0. The van der Waals surface area contributed by atoms with E-state index in [1.807, 2.05) is 13.8 Å². The van der Waals surface area contributed by atoms with Crippen LogP contribution in [0.5, 0.6) is 0 Å². The number of carbonyl (C=O) groups is 3. The van der Waals surface area contributed by atoms with Gasteiger partial charge in [0.15, 0.2) is 5.78 Å². The van der Waals surface area contributed by atoms with E-state index in [1.54, 1.807) is 0 Å². The van der Waals surface area contributed by atoms with Crippen molar-refractivity contribution < 1.29 is 28.6 Å². The molecule has 9 atom stereocenters. The molecular formula is C32H50O6. The van der Waals surface area contributed by atoms with Crippen LogP contribution >= 0.6 is 0 Å². The largest absolute Gasteiger partial charge is 0.461 e. The maximum atomic E-state index is 14.2. The van der Waals surface area contributed by atoms with Crippen LogP contribution in [0.2, 0.25) is 0 Å². The predicted molar refractivity (Wildman–Crippen MR) is 146 cm³/mol. The molecular weight excluding hydrogens is 480 g/mol. The zero-order valence-electron chi connectivity index (χ0n) is 24.6. The first-order chi connectivity index (χ1) is 18.0. The van der Waals surface area contributed by atoms with Gasteiger partial charge in [-0.2, -0.15) is 0 Å². The van der Waals surface area contributed by atoms with Crippen molar-refractivity contribution in [2.45, 2.75) is 136 Å². The number of rotatable bonds is 10. The topological polar surface area (TPSA) is 78.9 Å². The number of unbranched alkanes of at least 4 members (excludes halogenated alkanes) is 4. The second kappa shape index (κ2) is 11.4. The van der Waals surface area contributed by atoms with Crippen LogP contribution in [0, 0.1) is 35.0 Å². The van der Waals surface area contributed by atoms with E-state index in [9.17, 15) is 14.4 Å². The van der Waals surface area contributed by atoms with Crippen molar-refractivity contribution in [2.24, 2.45) is 35.0 Å². The summed E-state index contributed by atoms with van der Waals surface area (Å²) in [5.74, 6) is -0.606. The van der Waals surface area contributed by atoms with Gasteiger partial charge in [-0.3, -0.25) is 14.4 Å². The number of ether oxygens (including phenoxy) is 3. The second-order valence-electron chi connectivity index (χ2n) is 13.3. The zero-order chi connectivity index (χ0) is 27.8. The number of fused-ring (bicyclic) bond motifs is 3. The smallest absolute Gasteiger partial charge is 0.306 e. The first kappa shape index (κ1) is 29.3. The Bertz CT molecular complexity index is 923. The van der Waals surface area contributed by atoms with Crippen molar-refractivity contribution in [1.29, 1.82) is 0 Å². The molecule has 0 aromatic carbocycles. The molecule has 1 spiro atoms. The quantitative estimate of drug-likeness (QED) is 0.180. The van der Waals surface area contributed by atoms with Gasteiger partial charge in [0.1, 0.15) is 17.8 Å². The molecule has 4 fully saturated rings. The van der Waals surface area contributed by atoms with E-state index in [-0.39, 0.29) is 41.1 Å². The van der Waals surface area contributed by atoms with Gasteiger partial charge in [0.2, 0.25) is 0 Å². The zero-order valence-corrected chi connectivity index (χ0v) is 24.6. The number of hydrogen-bond donors (Lipinski definition) is 0. The van der Waals surface area contributed by atoms with Gasteiger partial charge < -0.3 is 14.2 Å². The van der Waals surface area contributed by atoms with Crippen LogP contribution in [0.3, 0.4) is 0 Å². The molecule has 0 aromatic rings. The lowest BCUT2D eigenvalue weighted by Crippen LogP contribution is -2.52. The molecule has 4 aliphatic rings. The molecule has 2 bridgehead atoms. The van der Waals surface area contributed by atoms with E-state index >= 15 is 0 Å². The van der Waals surface area contributed by atoms with Gasteiger partial charge in [-0.1, -0.05) is 73.8 Å². The molecule has 214 valence electrons. The molecule has 2 saturated heterocycles. The van der Waals surface area contributed by atoms with Crippen LogP contribution < -0.4 is 0 Å². The number of esters is 2. The molecule has 2 aliphatic carbocycles. The summed E-state index contributed by atoms with van der Waals surface area (Å²) in [6, 6.07) is 0. The standard InChI is InChI=1S/C32H50O6/c1-8-10-12-14-23(33)36-27-19(3)16-17-22-25(31(22,6)7)29-21(5)30(35)32(38-29)18-20(4)28(26(27)32)37-24(34)15-13-11-9-2/h20-22,25-29H,3,8-18H2,1-2,4-7H3/t20-,21-,22-,25-,26-,27-,28-,29+,32-/m0/s1. The Morgan fingerprint density at radius 2 is 1.58 bits per heavy atom. The third kappa shape index (κ3) is 5.23. The van der Waals surface area contributed by atoms with Gasteiger partial charge in [0.25, 0.3) is 0 Å². The van der Waals surface area contributed by atoms with E-state index in [0.29, 0.717) is 31.1 Å². The molecule has 6 nitrogen and oxygen atoms in total. The normalized spacial score (nSPS) is 39.3. The number of Topliss-reactive ketones (excluding diaryl/α,β-unsaturated/α-hetero) is 1. The lowest BCUT2D eigenvalue weighted by molar-refractivity contribution is -0.175. The highest BCUT2D eigenvalue weighted by Crippen LogP contribution is 2.67. The van der Waals surface area contributed by atoms with Crippen molar-refractivity contribution in [3.63, 3.8) is 0 Å². The Kier molecular flexibility index (Phi) is 8.81. The van der Waals surface area contributed by atoms with Crippen molar-refractivity contribution in [3.8, 4) is 0 Å². The number of ketones is 1. The Balaban J connectivity index is 1.70. The number of carbonyl (C=O) groups excluding carboxylic acids is 3. The second-order valence-corrected chi connectivity index (χ2v) is 13.3. The molecule has 2 saturated carbocycles. The van der Waals surface area contributed by atoms with Crippen LogP contribution in [0.25, 0.3) is 0 Å². The van der Waals surface area contributed by atoms with Crippen LogP contribution in [0.15, 0.2) is 12.2 Å². The molecule has 2 heterocycles. The van der Waals surface area contributed by atoms with Crippen molar-refractivity contribution >= 4 is 17.7 Å². The number of hydrogen-bond acceptors (Lipinski definition) is 6. The highest BCUT2D eigenvalue weighted by Gasteiger charge is 2.73. The molecule has 0 unspecified atom stereocenters. The molecule has 2 aliphatic heterocycles. The third-order valence-electron chi connectivity index (χ3n) is 10.2. The predicted octanol–water partition coefficient (Wildman–Crippen LogP) is 6.59. The van der Waals surface area contributed by atoms with Gasteiger partial charge in [-0.15, -0.1) is 0 Å². The van der Waals surface area contributed by atoms with Gasteiger partial charge in [0, 0.05) is 18.8 Å². The Morgan fingerprint density at radius 3 is 2.18 bits per heavy atom. The van der Waals surface area contributed by atoms with Gasteiger partial charge in [0.05, 0.1) is 12.0 Å². The lowest BCUT2D eigenvalue weighted by Gasteiger charge is -2.38. The van der Waals surface area contributed by atoms with Crippen LogP contribution in [0.1, 0.15) is 112 Å². The first-order valence-corrected chi connectivity index (χ1v) is 15.3. The average molecular weight is 531 g/mol. The van der Waals surface area contributed by atoms with Gasteiger partial charge in [-0.25, -0.2) is 0 Å². The molecule has 6 heteroatoms. The van der Waals surface area contributed by atoms with Crippen molar-refractivity contribution in [3.05, 3.63) is 12.2 Å². The van der Waals surface area contributed by atoms with Crippen molar-refractivity contribution in [2.75, 3.05) is 0 Å². The highest BCUT2D eigenvalue weighted by molar-refractivity contribution is 5.93. The lowest BCUT2D eigenvalue weighted by atomic mass is 9.77. The van der Waals surface area contributed by atoms with Gasteiger partial charge in [-0.05, 0) is 60.8 Å². The van der Waals surface area contributed by atoms with Crippen LogP contribution in [-0.2, 0) is 28.6 Å².